The van der Waals surface area contributed by atoms with Crippen molar-refractivity contribution >= 4 is 0 Å². The van der Waals surface area contributed by atoms with Gasteiger partial charge in [0.25, 0.3) is 0 Å². The SMILES string of the molecule is C=C(CC)CC1=CCC(C)=C1C. The summed E-state index contributed by atoms with van der Waals surface area (Å²) in [7, 11) is 0. The molecule has 1 rings (SSSR count). The van der Waals surface area contributed by atoms with Crippen molar-refractivity contribution in [3.63, 3.8) is 0 Å². The third kappa shape index (κ3) is 1.88. The summed E-state index contributed by atoms with van der Waals surface area (Å²) < 4.78 is 0. The van der Waals surface area contributed by atoms with E-state index in [1.54, 1.807) is 0 Å². The molecule has 0 saturated heterocycles. The lowest BCUT2D eigenvalue weighted by Gasteiger charge is -2.05. The van der Waals surface area contributed by atoms with Crippen LogP contribution >= 0.6 is 0 Å². The maximum atomic E-state index is 4.03. The minimum absolute atomic E-state index is 1.08. The van der Waals surface area contributed by atoms with Gasteiger partial charge in [0.2, 0.25) is 0 Å². The Bertz CT molecular complexity index is 251. The van der Waals surface area contributed by atoms with Crippen molar-refractivity contribution in [2.75, 3.05) is 0 Å². The maximum absolute atomic E-state index is 4.03. The van der Waals surface area contributed by atoms with Gasteiger partial charge < -0.3 is 0 Å². The Kier molecular flexibility index (Phi) is 2.91. The highest BCUT2D eigenvalue weighted by Crippen LogP contribution is 2.29. The monoisotopic (exact) mass is 162 g/mol. The molecule has 0 aromatic heterocycles. The highest BCUT2D eigenvalue weighted by molar-refractivity contribution is 5.42. The molecule has 0 amide bonds. The molecule has 0 heteroatoms. The first-order valence-corrected chi connectivity index (χ1v) is 4.67. The Labute approximate surface area is 75.7 Å². The van der Waals surface area contributed by atoms with Crippen molar-refractivity contribution in [3.8, 4) is 0 Å². The first-order chi connectivity index (χ1) is 5.65. The highest BCUT2D eigenvalue weighted by Gasteiger charge is 2.10. The normalized spacial score (nSPS) is 16.8. The lowest BCUT2D eigenvalue weighted by Crippen LogP contribution is -1.86. The summed E-state index contributed by atoms with van der Waals surface area (Å²) in [4.78, 5) is 0. The molecule has 0 N–H and O–H groups in total. The van der Waals surface area contributed by atoms with Crippen LogP contribution in [0.3, 0.4) is 0 Å². The van der Waals surface area contributed by atoms with Crippen molar-refractivity contribution in [2.24, 2.45) is 0 Å². The molecule has 0 fully saturated rings. The summed E-state index contributed by atoms with van der Waals surface area (Å²) in [5.41, 5.74) is 5.85. The first-order valence-electron chi connectivity index (χ1n) is 4.67. The minimum Gasteiger partial charge on any atom is -0.0995 e. The van der Waals surface area contributed by atoms with E-state index < -0.39 is 0 Å². The average molecular weight is 162 g/mol. The van der Waals surface area contributed by atoms with Gasteiger partial charge in [-0.2, -0.15) is 0 Å². The van der Waals surface area contributed by atoms with Crippen LogP contribution in [0.25, 0.3) is 0 Å². The summed E-state index contributed by atoms with van der Waals surface area (Å²) in [5.74, 6) is 0. The molecular formula is C12H18. The molecule has 66 valence electrons. The fourth-order valence-electron chi connectivity index (χ4n) is 1.46. The predicted molar refractivity (Wildman–Crippen MR) is 55.1 cm³/mol. The fraction of sp³-hybridized carbons (Fsp3) is 0.500. The zero-order chi connectivity index (χ0) is 9.14. The van der Waals surface area contributed by atoms with Crippen LogP contribution in [0.5, 0.6) is 0 Å². The second-order valence-corrected chi connectivity index (χ2v) is 3.62. The van der Waals surface area contributed by atoms with Gasteiger partial charge >= 0.3 is 0 Å². The summed E-state index contributed by atoms with van der Waals surface area (Å²) in [6.07, 6.45) is 5.67. The Morgan fingerprint density at radius 1 is 1.50 bits per heavy atom. The van der Waals surface area contributed by atoms with Gasteiger partial charge in [0.05, 0.1) is 0 Å². The van der Waals surface area contributed by atoms with Gasteiger partial charge in [0, 0.05) is 0 Å². The molecule has 0 aliphatic heterocycles. The van der Waals surface area contributed by atoms with E-state index in [-0.39, 0.29) is 0 Å². The van der Waals surface area contributed by atoms with E-state index in [1.165, 1.54) is 22.3 Å². The summed E-state index contributed by atoms with van der Waals surface area (Å²) >= 11 is 0. The highest BCUT2D eigenvalue weighted by atomic mass is 14.2. The first kappa shape index (κ1) is 9.31. The molecule has 0 aromatic rings. The second kappa shape index (κ2) is 3.75. The van der Waals surface area contributed by atoms with Crippen LogP contribution in [0, 0.1) is 0 Å². The Hall–Kier alpha value is -0.780. The van der Waals surface area contributed by atoms with E-state index in [9.17, 15) is 0 Å². The molecule has 0 bridgehead atoms. The third-order valence-electron chi connectivity index (χ3n) is 2.72. The van der Waals surface area contributed by atoms with Gasteiger partial charge in [0.1, 0.15) is 0 Å². The van der Waals surface area contributed by atoms with Gasteiger partial charge in [-0.25, -0.2) is 0 Å². The summed E-state index contributed by atoms with van der Waals surface area (Å²) in [6.45, 7) is 10.6. The topological polar surface area (TPSA) is 0 Å². The van der Waals surface area contributed by atoms with Crippen LogP contribution < -0.4 is 0 Å². The molecule has 1 aliphatic rings. The minimum atomic E-state index is 1.08. The number of allylic oxidation sites excluding steroid dienone is 5. The van der Waals surface area contributed by atoms with E-state index in [2.05, 4.69) is 33.4 Å². The van der Waals surface area contributed by atoms with Crippen molar-refractivity contribution in [3.05, 3.63) is 34.9 Å². The fourth-order valence-corrected chi connectivity index (χ4v) is 1.46. The van der Waals surface area contributed by atoms with Crippen molar-refractivity contribution < 1.29 is 0 Å². The number of rotatable bonds is 3. The van der Waals surface area contributed by atoms with Crippen molar-refractivity contribution in [1.29, 1.82) is 0 Å². The standard InChI is InChI=1S/C12H18/c1-5-9(2)8-12-7-6-10(3)11(12)4/h7H,2,5-6,8H2,1,3-4H3. The third-order valence-corrected chi connectivity index (χ3v) is 2.72. The molecule has 0 radical (unpaired) electrons. The van der Waals surface area contributed by atoms with Crippen LogP contribution in [-0.4, -0.2) is 0 Å². The predicted octanol–water partition coefficient (Wildman–Crippen LogP) is 4.01. The number of hydrogen-bond donors (Lipinski definition) is 0. The van der Waals surface area contributed by atoms with Crippen molar-refractivity contribution in [2.45, 2.75) is 40.0 Å². The van der Waals surface area contributed by atoms with Crippen LogP contribution in [0.1, 0.15) is 40.0 Å². The van der Waals surface area contributed by atoms with Gasteiger partial charge in [-0.1, -0.05) is 30.7 Å². The molecule has 0 heterocycles. The van der Waals surface area contributed by atoms with Crippen LogP contribution in [-0.2, 0) is 0 Å². The summed E-state index contributed by atoms with van der Waals surface area (Å²) in [6, 6.07) is 0. The average Bonchev–Trinajstić information content (AvgIpc) is 2.36. The smallest absolute Gasteiger partial charge is 0.00704 e. The molecule has 0 nitrogen and oxygen atoms in total. The Morgan fingerprint density at radius 3 is 2.58 bits per heavy atom. The van der Waals surface area contributed by atoms with Gasteiger partial charge in [0.15, 0.2) is 0 Å². The van der Waals surface area contributed by atoms with Gasteiger partial charge in [-0.3, -0.25) is 0 Å². The number of hydrogen-bond acceptors (Lipinski definition) is 0. The molecule has 0 aromatic carbocycles. The molecule has 0 unspecified atom stereocenters. The summed E-state index contributed by atoms with van der Waals surface area (Å²) in [5, 5.41) is 0. The quantitative estimate of drug-likeness (QED) is 0.550. The lowest BCUT2D eigenvalue weighted by molar-refractivity contribution is 1.00. The van der Waals surface area contributed by atoms with E-state index >= 15 is 0 Å². The van der Waals surface area contributed by atoms with E-state index in [4.69, 9.17) is 0 Å². The Balaban J connectivity index is 2.62. The van der Waals surface area contributed by atoms with E-state index in [0.29, 0.717) is 0 Å². The maximum Gasteiger partial charge on any atom is -0.00704 e. The second-order valence-electron chi connectivity index (χ2n) is 3.62. The zero-order valence-electron chi connectivity index (χ0n) is 8.41. The van der Waals surface area contributed by atoms with E-state index in [0.717, 1.165) is 19.3 Å². The van der Waals surface area contributed by atoms with Crippen molar-refractivity contribution in [1.82, 2.24) is 0 Å². The molecule has 0 spiro atoms. The largest absolute Gasteiger partial charge is 0.0995 e. The van der Waals surface area contributed by atoms with Gasteiger partial charge in [-0.05, 0) is 44.3 Å². The van der Waals surface area contributed by atoms with Crippen LogP contribution in [0.15, 0.2) is 34.9 Å². The molecule has 0 saturated carbocycles. The molecule has 1 aliphatic carbocycles. The van der Waals surface area contributed by atoms with Crippen LogP contribution in [0.2, 0.25) is 0 Å². The van der Waals surface area contributed by atoms with Gasteiger partial charge in [-0.15, -0.1) is 0 Å². The Morgan fingerprint density at radius 2 is 2.17 bits per heavy atom. The van der Waals surface area contributed by atoms with E-state index in [1.807, 2.05) is 0 Å². The molecular weight excluding hydrogens is 144 g/mol. The van der Waals surface area contributed by atoms with Crippen LogP contribution in [0.4, 0.5) is 0 Å². The lowest BCUT2D eigenvalue weighted by atomic mass is 10.0. The zero-order valence-corrected chi connectivity index (χ0v) is 8.41. The molecule has 0 atom stereocenters. The molecule has 12 heavy (non-hydrogen) atoms.